The third kappa shape index (κ3) is 5.52. The second-order valence-corrected chi connectivity index (χ2v) is 8.11. The molecule has 0 N–H and O–H groups in total. The summed E-state index contributed by atoms with van der Waals surface area (Å²) in [7, 11) is -1.71. The van der Waals surface area contributed by atoms with Gasteiger partial charge >= 0.3 is 0 Å². The second-order valence-electron chi connectivity index (χ2n) is 6.17. The Morgan fingerprint density at radius 2 is 1.56 bits per heavy atom. The molecule has 27 heavy (non-hydrogen) atoms. The van der Waals surface area contributed by atoms with Crippen molar-refractivity contribution in [3.8, 4) is 0 Å². The second kappa shape index (κ2) is 9.48. The highest BCUT2D eigenvalue weighted by Crippen LogP contribution is 2.17. The molecule has 0 bridgehead atoms. The van der Waals surface area contributed by atoms with Gasteiger partial charge < -0.3 is 4.90 Å². The van der Waals surface area contributed by atoms with Gasteiger partial charge in [-0.15, -0.1) is 0 Å². The number of hydrogen-bond donors (Lipinski definition) is 0. The maximum absolute atomic E-state index is 12.5. The first-order chi connectivity index (χ1) is 12.9. The summed E-state index contributed by atoms with van der Waals surface area (Å²) in [6.45, 7) is 5.03. The van der Waals surface area contributed by atoms with E-state index in [2.05, 4.69) is 0 Å². The van der Waals surface area contributed by atoms with Crippen LogP contribution in [0, 0.1) is 0 Å². The Labute approximate surface area is 162 Å². The van der Waals surface area contributed by atoms with E-state index in [-0.39, 0.29) is 10.8 Å². The smallest absolute Gasteiger partial charge is 0.246 e. The lowest BCUT2D eigenvalue weighted by Crippen LogP contribution is -2.30. The SMILES string of the molecule is CCN(CC)S(=O)(=O)c1ccc(/C=C/C(=O)N(C)Cc2ccccc2)cc1. The molecule has 0 aliphatic heterocycles. The minimum atomic E-state index is -3.46. The van der Waals surface area contributed by atoms with Gasteiger partial charge in [-0.1, -0.05) is 56.3 Å². The Morgan fingerprint density at radius 3 is 2.11 bits per heavy atom. The molecule has 0 atom stereocenters. The predicted molar refractivity (Wildman–Crippen MR) is 108 cm³/mol. The Hall–Kier alpha value is -2.44. The molecule has 0 fully saturated rings. The highest BCUT2D eigenvalue weighted by Gasteiger charge is 2.20. The van der Waals surface area contributed by atoms with Crippen molar-refractivity contribution in [1.82, 2.24) is 9.21 Å². The van der Waals surface area contributed by atoms with E-state index in [1.165, 1.54) is 10.4 Å². The standard InChI is InChI=1S/C21H26N2O3S/c1-4-23(5-2)27(25,26)20-14-11-18(12-15-20)13-16-21(24)22(3)17-19-9-7-6-8-10-19/h6-16H,4-5,17H2,1-3H3/b16-13+. The molecule has 0 saturated heterocycles. The molecule has 0 aromatic heterocycles. The molecule has 0 spiro atoms. The molecular formula is C21H26N2O3S. The fourth-order valence-corrected chi connectivity index (χ4v) is 4.15. The third-order valence-electron chi connectivity index (χ3n) is 4.28. The molecule has 1 amide bonds. The van der Waals surface area contributed by atoms with Crippen molar-refractivity contribution < 1.29 is 13.2 Å². The highest BCUT2D eigenvalue weighted by atomic mass is 32.2. The summed E-state index contributed by atoms with van der Waals surface area (Å²) in [4.78, 5) is 14.1. The summed E-state index contributed by atoms with van der Waals surface area (Å²) >= 11 is 0. The maximum atomic E-state index is 12.5. The number of nitrogens with zero attached hydrogens (tertiary/aromatic N) is 2. The van der Waals surface area contributed by atoms with E-state index in [4.69, 9.17) is 0 Å². The zero-order chi connectivity index (χ0) is 19.9. The summed E-state index contributed by atoms with van der Waals surface area (Å²) < 4.78 is 26.4. The first-order valence-electron chi connectivity index (χ1n) is 8.95. The van der Waals surface area contributed by atoms with Gasteiger partial charge in [0.2, 0.25) is 15.9 Å². The summed E-state index contributed by atoms with van der Waals surface area (Å²) in [5, 5.41) is 0. The monoisotopic (exact) mass is 386 g/mol. The van der Waals surface area contributed by atoms with Crippen LogP contribution >= 0.6 is 0 Å². The Morgan fingerprint density at radius 1 is 0.963 bits per heavy atom. The fraction of sp³-hybridized carbons (Fsp3) is 0.286. The number of likely N-dealkylation sites (N-methyl/N-ethyl adjacent to an activating group) is 1. The zero-order valence-electron chi connectivity index (χ0n) is 16.0. The number of benzene rings is 2. The molecule has 5 nitrogen and oxygen atoms in total. The van der Waals surface area contributed by atoms with Crippen LogP contribution in [0.3, 0.4) is 0 Å². The van der Waals surface area contributed by atoms with Crippen LogP contribution in [0.4, 0.5) is 0 Å². The van der Waals surface area contributed by atoms with Crippen molar-refractivity contribution in [2.45, 2.75) is 25.3 Å². The van der Waals surface area contributed by atoms with Crippen LogP contribution in [0.5, 0.6) is 0 Å². The maximum Gasteiger partial charge on any atom is 0.246 e. The van der Waals surface area contributed by atoms with E-state index in [0.717, 1.165) is 11.1 Å². The largest absolute Gasteiger partial charge is 0.338 e. The molecule has 0 radical (unpaired) electrons. The van der Waals surface area contributed by atoms with E-state index in [1.807, 2.05) is 44.2 Å². The van der Waals surface area contributed by atoms with Crippen molar-refractivity contribution >= 4 is 22.0 Å². The van der Waals surface area contributed by atoms with E-state index < -0.39 is 10.0 Å². The first kappa shape index (κ1) is 20.9. The molecule has 0 aliphatic carbocycles. The lowest BCUT2D eigenvalue weighted by Gasteiger charge is -2.18. The zero-order valence-corrected chi connectivity index (χ0v) is 16.8. The van der Waals surface area contributed by atoms with Crippen LogP contribution in [-0.4, -0.2) is 43.7 Å². The van der Waals surface area contributed by atoms with E-state index in [9.17, 15) is 13.2 Å². The highest BCUT2D eigenvalue weighted by molar-refractivity contribution is 7.89. The summed E-state index contributed by atoms with van der Waals surface area (Å²) in [5.41, 5.74) is 1.84. The Balaban J connectivity index is 2.04. The van der Waals surface area contributed by atoms with Crippen LogP contribution in [0.25, 0.3) is 6.08 Å². The van der Waals surface area contributed by atoms with E-state index >= 15 is 0 Å². The molecule has 0 aliphatic rings. The van der Waals surface area contributed by atoms with Gasteiger partial charge in [0.25, 0.3) is 0 Å². The van der Waals surface area contributed by atoms with Crippen molar-refractivity contribution in [3.63, 3.8) is 0 Å². The number of carbonyl (C=O) groups is 1. The van der Waals surface area contributed by atoms with Crippen molar-refractivity contribution in [2.24, 2.45) is 0 Å². The number of carbonyl (C=O) groups excluding carboxylic acids is 1. The van der Waals surface area contributed by atoms with Gasteiger partial charge in [-0.05, 0) is 29.3 Å². The number of sulfonamides is 1. The van der Waals surface area contributed by atoms with E-state index in [0.29, 0.717) is 19.6 Å². The first-order valence-corrected chi connectivity index (χ1v) is 10.4. The normalized spacial score (nSPS) is 11.9. The minimum absolute atomic E-state index is 0.112. The molecule has 2 aromatic carbocycles. The minimum Gasteiger partial charge on any atom is -0.338 e. The van der Waals surface area contributed by atoms with Gasteiger partial charge in [0.15, 0.2) is 0 Å². The van der Waals surface area contributed by atoms with Crippen LogP contribution < -0.4 is 0 Å². The molecule has 2 aromatic rings. The quantitative estimate of drug-likeness (QED) is 0.654. The number of hydrogen-bond acceptors (Lipinski definition) is 3. The summed E-state index contributed by atoms with van der Waals surface area (Å²) in [6, 6.07) is 16.3. The molecule has 0 heterocycles. The summed E-state index contributed by atoms with van der Waals surface area (Å²) in [6.07, 6.45) is 3.19. The van der Waals surface area contributed by atoms with Gasteiger partial charge in [0, 0.05) is 32.8 Å². The molecule has 0 saturated carbocycles. The lowest BCUT2D eigenvalue weighted by molar-refractivity contribution is -0.125. The Bertz CT molecular complexity index is 871. The van der Waals surface area contributed by atoms with Gasteiger partial charge in [-0.3, -0.25) is 4.79 Å². The molecule has 2 rings (SSSR count). The summed E-state index contributed by atoms with van der Waals surface area (Å²) in [5.74, 6) is -0.112. The van der Waals surface area contributed by atoms with Crippen LogP contribution in [0.2, 0.25) is 0 Å². The van der Waals surface area contributed by atoms with Gasteiger partial charge in [-0.2, -0.15) is 4.31 Å². The van der Waals surface area contributed by atoms with Gasteiger partial charge in [0.05, 0.1) is 4.90 Å². The molecular weight excluding hydrogens is 360 g/mol. The topological polar surface area (TPSA) is 57.7 Å². The van der Waals surface area contributed by atoms with Gasteiger partial charge in [-0.25, -0.2) is 8.42 Å². The average Bonchev–Trinajstić information content (AvgIpc) is 2.68. The predicted octanol–water partition coefficient (Wildman–Crippen LogP) is 3.39. The van der Waals surface area contributed by atoms with Crippen LogP contribution in [0.15, 0.2) is 65.6 Å². The van der Waals surface area contributed by atoms with Crippen molar-refractivity contribution in [2.75, 3.05) is 20.1 Å². The van der Waals surface area contributed by atoms with Crippen LogP contribution in [-0.2, 0) is 21.4 Å². The van der Waals surface area contributed by atoms with E-state index in [1.54, 1.807) is 42.3 Å². The molecule has 144 valence electrons. The number of rotatable bonds is 8. The number of amides is 1. The average molecular weight is 387 g/mol. The van der Waals surface area contributed by atoms with Crippen molar-refractivity contribution in [3.05, 3.63) is 71.8 Å². The van der Waals surface area contributed by atoms with Crippen molar-refractivity contribution in [1.29, 1.82) is 0 Å². The fourth-order valence-electron chi connectivity index (χ4n) is 2.69. The molecule has 6 heteroatoms. The lowest BCUT2D eigenvalue weighted by atomic mass is 10.2. The van der Waals surface area contributed by atoms with Crippen LogP contribution in [0.1, 0.15) is 25.0 Å². The Kier molecular flexibility index (Phi) is 7.33. The van der Waals surface area contributed by atoms with Gasteiger partial charge in [0.1, 0.15) is 0 Å². The third-order valence-corrected chi connectivity index (χ3v) is 6.34. The molecule has 0 unspecified atom stereocenters.